The summed E-state index contributed by atoms with van der Waals surface area (Å²) in [5.41, 5.74) is 14.8. The van der Waals surface area contributed by atoms with Gasteiger partial charge in [-0.2, -0.15) is 0 Å². The number of hydrogen-bond donors (Lipinski definition) is 0. The highest BCUT2D eigenvalue weighted by Gasteiger charge is 2.45. The Balaban J connectivity index is 1.07. The molecule has 2 heteroatoms. The molecule has 2 aromatic heterocycles. The molecule has 1 aliphatic rings. The summed E-state index contributed by atoms with van der Waals surface area (Å²) in [5.74, 6) is 0. The first-order valence-electron chi connectivity index (χ1n) is 17.6. The van der Waals surface area contributed by atoms with Crippen LogP contribution >= 0.6 is 0 Å². The Morgan fingerprint density at radius 3 is 1.82 bits per heavy atom. The number of fused-ring (bicyclic) bond motifs is 8. The number of furan rings is 1. The summed E-state index contributed by atoms with van der Waals surface area (Å²) in [7, 11) is 0. The minimum atomic E-state index is -0.505. The first-order valence-corrected chi connectivity index (χ1v) is 17.6. The lowest BCUT2D eigenvalue weighted by Gasteiger charge is -2.41. The molecule has 0 amide bonds. The molecule has 0 saturated carbocycles. The van der Waals surface area contributed by atoms with Crippen LogP contribution in [0.25, 0.3) is 71.7 Å². The second kappa shape index (κ2) is 10.7. The Kier molecular flexibility index (Phi) is 5.91. The van der Waals surface area contributed by atoms with Crippen molar-refractivity contribution >= 4 is 43.7 Å². The monoisotopic (exact) mass is 649 g/mol. The molecule has 51 heavy (non-hydrogen) atoms. The normalized spacial score (nSPS) is 15.1. The second-order valence-corrected chi connectivity index (χ2v) is 13.6. The smallest absolute Gasteiger partial charge is 0.143 e. The van der Waals surface area contributed by atoms with Crippen LogP contribution in [0.3, 0.4) is 0 Å². The Morgan fingerprint density at radius 1 is 0.392 bits per heavy atom. The van der Waals surface area contributed by atoms with E-state index in [9.17, 15) is 0 Å². The van der Waals surface area contributed by atoms with Crippen molar-refractivity contribution in [3.05, 3.63) is 210 Å². The zero-order valence-electron chi connectivity index (χ0n) is 27.8. The predicted molar refractivity (Wildman–Crippen MR) is 211 cm³/mol. The van der Waals surface area contributed by atoms with Crippen LogP contribution in [0.5, 0.6) is 0 Å². The summed E-state index contributed by atoms with van der Waals surface area (Å²) in [6.07, 6.45) is 0. The van der Waals surface area contributed by atoms with E-state index in [2.05, 4.69) is 180 Å². The maximum absolute atomic E-state index is 6.35. The second-order valence-electron chi connectivity index (χ2n) is 13.6. The van der Waals surface area contributed by atoms with Crippen molar-refractivity contribution in [2.45, 2.75) is 5.41 Å². The van der Waals surface area contributed by atoms with Gasteiger partial charge in [-0.05, 0) is 57.1 Å². The fraction of sp³-hybridized carbons (Fsp3) is 0.0204. The number of para-hydroxylation sites is 5. The lowest BCUT2D eigenvalue weighted by Crippen LogP contribution is -2.35. The van der Waals surface area contributed by atoms with Crippen molar-refractivity contribution in [3.63, 3.8) is 0 Å². The van der Waals surface area contributed by atoms with Gasteiger partial charge in [-0.3, -0.25) is 0 Å². The first kappa shape index (κ1) is 28.2. The molecule has 0 N–H and O–H groups in total. The molecule has 0 bridgehead atoms. The third-order valence-corrected chi connectivity index (χ3v) is 11.1. The van der Waals surface area contributed by atoms with Gasteiger partial charge in [0, 0.05) is 27.1 Å². The molecular formula is C49H31NO. The van der Waals surface area contributed by atoms with Crippen LogP contribution in [-0.4, -0.2) is 4.57 Å². The molecule has 1 atom stereocenters. The van der Waals surface area contributed by atoms with Gasteiger partial charge in [-0.15, -0.1) is 0 Å². The standard InChI is InChI=1S/C49H31NO/c1-2-12-35(13-3-1)49(42-19-6-8-22-45(42)50-44-21-7-4-14-38(44)40-17-11-20-43(49)47(40)50)36-30-28-33(29-31-36)32-24-26-34(27-25-32)37-16-10-18-41-39-15-5-9-23-46(39)51-48(37)41/h1-31H. The maximum atomic E-state index is 6.35. The molecule has 3 heterocycles. The lowest BCUT2D eigenvalue weighted by atomic mass is 9.63. The van der Waals surface area contributed by atoms with Crippen LogP contribution in [0.4, 0.5) is 0 Å². The molecule has 1 unspecified atom stereocenters. The summed E-state index contributed by atoms with van der Waals surface area (Å²) in [5, 5.41) is 4.87. The van der Waals surface area contributed by atoms with Crippen LogP contribution in [0.2, 0.25) is 0 Å². The van der Waals surface area contributed by atoms with Crippen molar-refractivity contribution in [2.75, 3.05) is 0 Å². The van der Waals surface area contributed by atoms with Gasteiger partial charge >= 0.3 is 0 Å². The number of rotatable bonds is 4. The third-order valence-electron chi connectivity index (χ3n) is 11.1. The molecule has 0 spiro atoms. The van der Waals surface area contributed by atoms with E-state index < -0.39 is 5.41 Å². The SMILES string of the molecule is c1ccc(C2(c3ccc(-c4ccc(-c5cccc6c5oc5ccccc56)cc4)cc3)c3ccccc3-n3c4ccccc4c4cccc2c43)cc1. The molecular weight excluding hydrogens is 619 g/mol. The average Bonchev–Trinajstić information content (AvgIpc) is 3.76. The van der Waals surface area contributed by atoms with Crippen LogP contribution in [0.1, 0.15) is 22.3 Å². The summed E-state index contributed by atoms with van der Waals surface area (Å²) < 4.78 is 8.84. The van der Waals surface area contributed by atoms with E-state index in [4.69, 9.17) is 4.42 Å². The van der Waals surface area contributed by atoms with Crippen molar-refractivity contribution in [1.29, 1.82) is 0 Å². The van der Waals surface area contributed by atoms with E-state index in [1.165, 1.54) is 60.9 Å². The molecule has 8 aromatic carbocycles. The van der Waals surface area contributed by atoms with Crippen LogP contribution in [-0.2, 0) is 5.41 Å². The van der Waals surface area contributed by atoms with Gasteiger partial charge in [0.15, 0.2) is 0 Å². The van der Waals surface area contributed by atoms with Gasteiger partial charge in [0.05, 0.1) is 22.1 Å². The zero-order valence-corrected chi connectivity index (χ0v) is 27.8. The molecule has 0 fully saturated rings. The van der Waals surface area contributed by atoms with Gasteiger partial charge in [0.1, 0.15) is 11.2 Å². The van der Waals surface area contributed by atoms with Gasteiger partial charge in [0.2, 0.25) is 0 Å². The molecule has 2 nitrogen and oxygen atoms in total. The molecule has 10 aromatic rings. The predicted octanol–water partition coefficient (Wildman–Crippen LogP) is 12.7. The Bertz CT molecular complexity index is 2950. The van der Waals surface area contributed by atoms with Crippen LogP contribution in [0, 0.1) is 0 Å². The van der Waals surface area contributed by atoms with Gasteiger partial charge in [0.25, 0.3) is 0 Å². The highest BCUT2D eigenvalue weighted by atomic mass is 16.3. The van der Waals surface area contributed by atoms with E-state index in [0.717, 1.165) is 33.1 Å². The largest absolute Gasteiger partial charge is 0.455 e. The maximum Gasteiger partial charge on any atom is 0.143 e. The number of aromatic nitrogens is 1. The minimum Gasteiger partial charge on any atom is -0.455 e. The summed E-state index contributed by atoms with van der Waals surface area (Å²) in [6, 6.07) is 68.6. The first-order chi connectivity index (χ1) is 25.3. The summed E-state index contributed by atoms with van der Waals surface area (Å²) >= 11 is 0. The van der Waals surface area contributed by atoms with Crippen molar-refractivity contribution < 1.29 is 4.42 Å². The Hall–Kier alpha value is -6.64. The lowest BCUT2D eigenvalue weighted by molar-refractivity contribution is 0.670. The summed E-state index contributed by atoms with van der Waals surface area (Å²) in [4.78, 5) is 0. The van der Waals surface area contributed by atoms with Crippen molar-refractivity contribution in [1.82, 2.24) is 4.57 Å². The molecule has 11 rings (SSSR count). The highest BCUT2D eigenvalue weighted by molar-refractivity contribution is 6.12. The summed E-state index contributed by atoms with van der Waals surface area (Å²) in [6.45, 7) is 0. The molecule has 0 saturated heterocycles. The molecule has 1 aliphatic heterocycles. The quantitative estimate of drug-likeness (QED) is 0.186. The fourth-order valence-corrected chi connectivity index (χ4v) is 8.91. The van der Waals surface area contributed by atoms with E-state index in [1.807, 2.05) is 12.1 Å². The minimum absolute atomic E-state index is 0.505. The number of hydrogen-bond acceptors (Lipinski definition) is 1. The van der Waals surface area contributed by atoms with Gasteiger partial charge in [-0.1, -0.05) is 170 Å². The Labute approximate surface area is 295 Å². The number of nitrogens with zero attached hydrogens (tertiary/aromatic N) is 1. The highest BCUT2D eigenvalue weighted by Crippen LogP contribution is 2.54. The average molecular weight is 650 g/mol. The molecule has 238 valence electrons. The fourth-order valence-electron chi connectivity index (χ4n) is 8.91. The van der Waals surface area contributed by atoms with Gasteiger partial charge < -0.3 is 8.98 Å². The molecule has 0 aliphatic carbocycles. The molecule has 0 radical (unpaired) electrons. The van der Waals surface area contributed by atoms with Crippen molar-refractivity contribution in [2.24, 2.45) is 0 Å². The van der Waals surface area contributed by atoms with Crippen LogP contribution in [0.15, 0.2) is 192 Å². The topological polar surface area (TPSA) is 18.1 Å². The number of benzene rings is 8. The van der Waals surface area contributed by atoms with E-state index in [1.54, 1.807) is 0 Å². The third kappa shape index (κ3) is 3.87. The van der Waals surface area contributed by atoms with Crippen molar-refractivity contribution in [3.8, 4) is 27.9 Å². The van der Waals surface area contributed by atoms with Crippen LogP contribution < -0.4 is 0 Å². The van der Waals surface area contributed by atoms with E-state index >= 15 is 0 Å². The van der Waals surface area contributed by atoms with Gasteiger partial charge in [-0.25, -0.2) is 0 Å². The zero-order chi connectivity index (χ0) is 33.5. The van der Waals surface area contributed by atoms with E-state index in [0.29, 0.717) is 0 Å². The Morgan fingerprint density at radius 2 is 0.980 bits per heavy atom. The van der Waals surface area contributed by atoms with E-state index in [-0.39, 0.29) is 0 Å².